The van der Waals surface area contributed by atoms with Crippen molar-refractivity contribution in [1.29, 1.82) is 0 Å². The molecule has 0 atom stereocenters. The topological polar surface area (TPSA) is 97.7 Å². The fourth-order valence-electron chi connectivity index (χ4n) is 2.91. The number of ether oxygens (including phenoxy) is 2. The van der Waals surface area contributed by atoms with Crippen LogP contribution in [0.3, 0.4) is 0 Å². The summed E-state index contributed by atoms with van der Waals surface area (Å²) in [6, 6.07) is 14.8. The zero-order valence-electron chi connectivity index (χ0n) is 18.7. The van der Waals surface area contributed by atoms with Crippen molar-refractivity contribution < 1.29 is 14.3 Å². The Morgan fingerprint density at radius 1 is 0.969 bits per heavy atom. The lowest BCUT2D eigenvalue weighted by atomic mass is 10.2. The first kappa shape index (κ1) is 22.7. The van der Waals surface area contributed by atoms with Crippen molar-refractivity contribution in [2.45, 2.75) is 27.7 Å². The van der Waals surface area contributed by atoms with Gasteiger partial charge in [0.05, 0.1) is 12.8 Å². The number of anilines is 2. The van der Waals surface area contributed by atoms with Crippen molar-refractivity contribution in [3.63, 3.8) is 0 Å². The van der Waals surface area contributed by atoms with Crippen LogP contribution in [0.5, 0.6) is 11.5 Å². The molecule has 8 nitrogen and oxygen atoms in total. The van der Waals surface area contributed by atoms with Gasteiger partial charge in [0.15, 0.2) is 18.1 Å². The van der Waals surface area contributed by atoms with Gasteiger partial charge in [-0.3, -0.25) is 4.79 Å². The third kappa shape index (κ3) is 6.80. The molecule has 3 rings (SSSR count). The van der Waals surface area contributed by atoms with Crippen LogP contribution in [-0.2, 0) is 4.79 Å². The molecule has 0 saturated carbocycles. The van der Waals surface area contributed by atoms with Gasteiger partial charge in [0.1, 0.15) is 0 Å². The summed E-state index contributed by atoms with van der Waals surface area (Å²) in [6.07, 6.45) is 1.64. The summed E-state index contributed by atoms with van der Waals surface area (Å²) in [5.41, 5.74) is 7.20. The molecule has 2 N–H and O–H groups in total. The summed E-state index contributed by atoms with van der Waals surface area (Å²) in [4.78, 5) is 20.8. The lowest BCUT2D eigenvalue weighted by Crippen LogP contribution is -2.20. The van der Waals surface area contributed by atoms with Gasteiger partial charge >= 0.3 is 0 Å². The number of nitrogens with one attached hydrogen (secondary N) is 2. The number of carbonyl (C=O) groups excluding carboxylic acids is 1. The highest BCUT2D eigenvalue weighted by atomic mass is 16.5. The van der Waals surface area contributed by atoms with Crippen LogP contribution < -0.4 is 20.2 Å². The Morgan fingerprint density at radius 2 is 1.69 bits per heavy atom. The minimum Gasteiger partial charge on any atom is -0.490 e. The van der Waals surface area contributed by atoms with Crippen LogP contribution in [0.15, 0.2) is 53.6 Å². The maximum Gasteiger partial charge on any atom is 0.262 e. The van der Waals surface area contributed by atoms with Crippen molar-refractivity contribution >= 4 is 23.8 Å². The number of hydrazone groups is 1. The van der Waals surface area contributed by atoms with Gasteiger partial charge in [-0.2, -0.15) is 5.10 Å². The number of hydrogen-bond donors (Lipinski definition) is 2. The highest BCUT2D eigenvalue weighted by Gasteiger charge is 2.09. The van der Waals surface area contributed by atoms with E-state index in [4.69, 9.17) is 9.47 Å². The van der Waals surface area contributed by atoms with E-state index in [1.807, 2.05) is 64.1 Å². The fourth-order valence-corrected chi connectivity index (χ4v) is 2.91. The van der Waals surface area contributed by atoms with E-state index < -0.39 is 0 Å². The van der Waals surface area contributed by atoms with Crippen molar-refractivity contribution in [1.82, 2.24) is 9.97 Å². The second-order valence-corrected chi connectivity index (χ2v) is 7.19. The molecule has 1 amide bonds. The third-order valence-corrected chi connectivity index (χ3v) is 4.32. The Labute approximate surface area is 187 Å². The third-order valence-electron chi connectivity index (χ3n) is 4.32. The van der Waals surface area contributed by atoms with Crippen LogP contribution in [-0.4, -0.2) is 35.3 Å². The van der Waals surface area contributed by atoms with E-state index in [1.54, 1.807) is 18.3 Å². The van der Waals surface area contributed by atoms with Crippen LogP contribution in [0.1, 0.15) is 29.4 Å². The van der Waals surface area contributed by atoms with Gasteiger partial charge in [-0.15, -0.1) is 0 Å². The average Bonchev–Trinajstić information content (AvgIpc) is 2.74. The smallest absolute Gasteiger partial charge is 0.262 e. The van der Waals surface area contributed by atoms with Gasteiger partial charge in [-0.05, 0) is 69.7 Å². The second kappa shape index (κ2) is 10.9. The first-order valence-corrected chi connectivity index (χ1v) is 10.3. The maximum absolute atomic E-state index is 12.2. The lowest BCUT2D eigenvalue weighted by Gasteiger charge is -2.12. The van der Waals surface area contributed by atoms with E-state index in [2.05, 4.69) is 25.8 Å². The predicted molar refractivity (Wildman–Crippen MR) is 126 cm³/mol. The number of benzene rings is 2. The predicted octanol–water partition coefficient (Wildman–Crippen LogP) is 4.26. The zero-order chi connectivity index (χ0) is 22.9. The number of rotatable bonds is 9. The van der Waals surface area contributed by atoms with E-state index in [9.17, 15) is 4.79 Å². The SMILES string of the molecule is CCOc1cc(/C=N/Nc2nc(C)cc(C)n2)ccc1OCC(=O)Nc1ccc(C)cc1. The molecular weight excluding hydrogens is 406 g/mol. The highest BCUT2D eigenvalue weighted by molar-refractivity contribution is 5.92. The van der Waals surface area contributed by atoms with Crippen LogP contribution in [0, 0.1) is 20.8 Å². The largest absolute Gasteiger partial charge is 0.490 e. The number of carbonyl (C=O) groups is 1. The first-order valence-electron chi connectivity index (χ1n) is 10.3. The van der Waals surface area contributed by atoms with Gasteiger partial charge in [0, 0.05) is 17.1 Å². The molecule has 0 spiro atoms. The number of hydrogen-bond acceptors (Lipinski definition) is 7. The molecule has 0 saturated heterocycles. The normalized spacial score (nSPS) is 10.8. The van der Waals surface area contributed by atoms with Crippen LogP contribution >= 0.6 is 0 Å². The second-order valence-electron chi connectivity index (χ2n) is 7.19. The molecule has 0 bridgehead atoms. The Kier molecular flexibility index (Phi) is 7.75. The molecule has 1 aromatic heterocycles. The van der Waals surface area contributed by atoms with E-state index >= 15 is 0 Å². The molecule has 2 aromatic carbocycles. The van der Waals surface area contributed by atoms with E-state index in [0.29, 0.717) is 24.1 Å². The molecule has 0 aliphatic rings. The molecule has 0 unspecified atom stereocenters. The zero-order valence-corrected chi connectivity index (χ0v) is 18.7. The summed E-state index contributed by atoms with van der Waals surface area (Å²) >= 11 is 0. The van der Waals surface area contributed by atoms with E-state index in [-0.39, 0.29) is 12.5 Å². The molecule has 0 radical (unpaired) electrons. The van der Waals surface area contributed by atoms with Gasteiger partial charge < -0.3 is 14.8 Å². The maximum atomic E-state index is 12.2. The highest BCUT2D eigenvalue weighted by Crippen LogP contribution is 2.28. The molecular formula is C24H27N5O3. The van der Waals surface area contributed by atoms with Crippen molar-refractivity contribution in [3.05, 3.63) is 71.0 Å². The molecule has 32 heavy (non-hydrogen) atoms. The minimum atomic E-state index is -0.250. The van der Waals surface area contributed by atoms with Gasteiger partial charge in [0.25, 0.3) is 5.91 Å². The average molecular weight is 434 g/mol. The molecule has 3 aromatic rings. The molecule has 0 fully saturated rings. The standard InChI is InChI=1S/C24H27N5O3/c1-5-31-22-13-19(14-25-29-24-26-17(3)12-18(4)27-24)8-11-21(22)32-15-23(30)28-20-9-6-16(2)7-10-20/h6-14H,5,15H2,1-4H3,(H,28,30)(H,26,27,29)/b25-14+. The van der Waals surface area contributed by atoms with E-state index in [1.165, 1.54) is 0 Å². The van der Waals surface area contributed by atoms with Crippen LogP contribution in [0.4, 0.5) is 11.6 Å². The monoisotopic (exact) mass is 433 g/mol. The van der Waals surface area contributed by atoms with E-state index in [0.717, 1.165) is 28.2 Å². The number of aryl methyl sites for hydroxylation is 3. The van der Waals surface area contributed by atoms with Crippen LogP contribution in [0.25, 0.3) is 0 Å². The molecule has 0 aliphatic carbocycles. The van der Waals surface area contributed by atoms with Crippen molar-refractivity contribution in [2.24, 2.45) is 5.10 Å². The Bertz CT molecular complexity index is 1080. The van der Waals surface area contributed by atoms with Gasteiger partial charge in [0.2, 0.25) is 5.95 Å². The summed E-state index contributed by atoms with van der Waals surface area (Å²) in [5.74, 6) is 1.19. The minimum absolute atomic E-state index is 0.132. The fraction of sp³-hybridized carbons (Fsp3) is 0.250. The molecule has 8 heteroatoms. The number of nitrogens with zero attached hydrogens (tertiary/aromatic N) is 3. The quantitative estimate of drug-likeness (QED) is 0.386. The summed E-state index contributed by atoms with van der Waals surface area (Å²) in [6.45, 7) is 8.00. The van der Waals surface area contributed by atoms with Gasteiger partial charge in [-0.25, -0.2) is 15.4 Å². The Morgan fingerprint density at radius 3 is 2.38 bits per heavy atom. The molecule has 1 heterocycles. The number of amides is 1. The van der Waals surface area contributed by atoms with Crippen molar-refractivity contribution in [2.75, 3.05) is 24.0 Å². The summed E-state index contributed by atoms with van der Waals surface area (Å²) in [5, 5.41) is 7.00. The number of aromatic nitrogens is 2. The summed E-state index contributed by atoms with van der Waals surface area (Å²) < 4.78 is 11.4. The molecule has 0 aliphatic heterocycles. The van der Waals surface area contributed by atoms with Gasteiger partial charge in [-0.1, -0.05) is 17.7 Å². The lowest BCUT2D eigenvalue weighted by molar-refractivity contribution is -0.118. The van der Waals surface area contributed by atoms with Crippen molar-refractivity contribution in [3.8, 4) is 11.5 Å². The Balaban J connectivity index is 1.61. The van der Waals surface area contributed by atoms with Crippen LogP contribution in [0.2, 0.25) is 0 Å². The Hall–Kier alpha value is -3.94. The summed E-state index contributed by atoms with van der Waals surface area (Å²) in [7, 11) is 0. The first-order chi connectivity index (χ1) is 15.4. The molecule has 166 valence electrons.